The molecule has 18 heavy (non-hydrogen) atoms. The molecule has 9 heteroatoms. The number of nitriles is 1. The van der Waals surface area contributed by atoms with Gasteiger partial charge in [0.2, 0.25) is 0 Å². The van der Waals surface area contributed by atoms with E-state index >= 15 is 0 Å². The SMILES string of the molecule is COc1cc(C#N)c(C(F)(F)F)cc1S(=O)(=O)Cl. The normalized spacial score (nSPS) is 12.0. The molecule has 4 nitrogen and oxygen atoms in total. The van der Waals surface area contributed by atoms with Crippen LogP contribution in [0.25, 0.3) is 0 Å². The van der Waals surface area contributed by atoms with Crippen LogP contribution in [-0.4, -0.2) is 15.5 Å². The minimum atomic E-state index is -4.87. The molecule has 0 bridgehead atoms. The largest absolute Gasteiger partial charge is 0.495 e. The fourth-order valence-electron chi connectivity index (χ4n) is 1.24. The van der Waals surface area contributed by atoms with E-state index in [9.17, 15) is 21.6 Å². The molecule has 0 aromatic heterocycles. The van der Waals surface area contributed by atoms with Crippen LogP contribution < -0.4 is 4.74 Å². The Bertz CT molecular complexity index is 619. The van der Waals surface area contributed by atoms with Crippen LogP contribution in [0.5, 0.6) is 5.75 Å². The summed E-state index contributed by atoms with van der Waals surface area (Å²) < 4.78 is 64.7. The first kappa shape index (κ1) is 14.6. The summed E-state index contributed by atoms with van der Waals surface area (Å²) in [6.45, 7) is 0. The van der Waals surface area contributed by atoms with E-state index in [-0.39, 0.29) is 6.07 Å². The number of hydrogen-bond acceptors (Lipinski definition) is 4. The fourth-order valence-corrected chi connectivity index (χ4v) is 2.24. The Labute approximate surface area is 105 Å². The second-order valence-electron chi connectivity index (χ2n) is 3.10. The molecule has 0 aliphatic carbocycles. The molecule has 0 heterocycles. The van der Waals surface area contributed by atoms with Gasteiger partial charge in [-0.3, -0.25) is 0 Å². The molecular formula is C9H5ClF3NO3S. The number of alkyl halides is 3. The molecule has 98 valence electrons. The average molecular weight is 300 g/mol. The van der Waals surface area contributed by atoms with Gasteiger partial charge in [0, 0.05) is 10.7 Å². The summed E-state index contributed by atoms with van der Waals surface area (Å²) in [6, 6.07) is 2.27. The maximum Gasteiger partial charge on any atom is 0.417 e. The van der Waals surface area contributed by atoms with Gasteiger partial charge in [0.15, 0.2) is 0 Å². The summed E-state index contributed by atoms with van der Waals surface area (Å²) in [6.07, 6.45) is -4.87. The lowest BCUT2D eigenvalue weighted by molar-refractivity contribution is -0.137. The topological polar surface area (TPSA) is 67.2 Å². The van der Waals surface area contributed by atoms with Crippen molar-refractivity contribution in [1.82, 2.24) is 0 Å². The van der Waals surface area contributed by atoms with E-state index in [1.54, 1.807) is 0 Å². The summed E-state index contributed by atoms with van der Waals surface area (Å²) in [5.74, 6) is -0.422. The van der Waals surface area contributed by atoms with Gasteiger partial charge < -0.3 is 4.74 Å². The van der Waals surface area contributed by atoms with Crippen molar-refractivity contribution in [1.29, 1.82) is 5.26 Å². The molecule has 1 aromatic carbocycles. The summed E-state index contributed by atoms with van der Waals surface area (Å²) in [7, 11) is 1.64. The van der Waals surface area contributed by atoms with E-state index in [4.69, 9.17) is 15.9 Å². The number of hydrogen-bond donors (Lipinski definition) is 0. The quantitative estimate of drug-likeness (QED) is 0.787. The molecule has 0 amide bonds. The second kappa shape index (κ2) is 4.66. The van der Waals surface area contributed by atoms with Crippen LogP contribution in [0.4, 0.5) is 13.2 Å². The predicted molar refractivity (Wildman–Crippen MR) is 55.7 cm³/mol. The van der Waals surface area contributed by atoms with Crippen LogP contribution in [0, 0.1) is 11.3 Å². The minimum Gasteiger partial charge on any atom is -0.495 e. The van der Waals surface area contributed by atoms with Crippen molar-refractivity contribution in [2.75, 3.05) is 7.11 Å². The van der Waals surface area contributed by atoms with Crippen molar-refractivity contribution in [2.45, 2.75) is 11.1 Å². The van der Waals surface area contributed by atoms with Gasteiger partial charge in [-0.1, -0.05) is 0 Å². The number of halogens is 4. The van der Waals surface area contributed by atoms with Crippen LogP contribution in [0.1, 0.15) is 11.1 Å². The Morgan fingerprint density at radius 1 is 1.39 bits per heavy atom. The van der Waals surface area contributed by atoms with Crippen molar-refractivity contribution in [3.63, 3.8) is 0 Å². The molecule has 0 saturated heterocycles. The van der Waals surface area contributed by atoms with Gasteiger partial charge in [-0.25, -0.2) is 8.42 Å². The molecule has 0 unspecified atom stereocenters. The number of nitrogens with zero attached hydrogens (tertiary/aromatic N) is 1. The van der Waals surface area contributed by atoms with E-state index < -0.39 is 37.0 Å². The lowest BCUT2D eigenvalue weighted by Crippen LogP contribution is -2.10. The lowest BCUT2D eigenvalue weighted by Gasteiger charge is -2.12. The molecule has 1 rings (SSSR count). The Morgan fingerprint density at radius 2 is 1.94 bits per heavy atom. The van der Waals surface area contributed by atoms with Crippen LogP contribution in [-0.2, 0) is 15.2 Å². The van der Waals surface area contributed by atoms with Crippen molar-refractivity contribution in [2.24, 2.45) is 0 Å². The molecular weight excluding hydrogens is 295 g/mol. The van der Waals surface area contributed by atoms with E-state index in [2.05, 4.69) is 4.74 Å². The van der Waals surface area contributed by atoms with Crippen molar-refractivity contribution in [3.8, 4) is 11.8 Å². The Morgan fingerprint density at radius 3 is 2.28 bits per heavy atom. The molecule has 0 radical (unpaired) electrons. The van der Waals surface area contributed by atoms with E-state index in [1.165, 1.54) is 6.07 Å². The number of benzene rings is 1. The summed E-state index contributed by atoms with van der Waals surface area (Å²) in [4.78, 5) is -0.835. The standard InChI is InChI=1S/C9H5ClF3NO3S/c1-17-7-2-5(4-14)6(9(11,12)13)3-8(7)18(10,15)16/h2-3H,1H3. The first-order chi connectivity index (χ1) is 8.11. The Balaban J connectivity index is 3.72. The van der Waals surface area contributed by atoms with Gasteiger partial charge in [-0.2, -0.15) is 18.4 Å². The van der Waals surface area contributed by atoms with Crippen LogP contribution in [0.3, 0.4) is 0 Å². The van der Waals surface area contributed by atoms with Crippen molar-refractivity contribution >= 4 is 19.7 Å². The molecule has 0 atom stereocenters. The molecule has 0 aliphatic rings. The van der Waals surface area contributed by atoms with Gasteiger partial charge >= 0.3 is 6.18 Å². The average Bonchev–Trinajstić information content (AvgIpc) is 2.24. The summed E-state index contributed by atoms with van der Waals surface area (Å²) in [5, 5.41) is 8.61. The zero-order chi connectivity index (χ0) is 14.1. The molecule has 0 saturated carbocycles. The zero-order valence-electron chi connectivity index (χ0n) is 8.75. The number of rotatable bonds is 2. The molecule has 0 aliphatic heterocycles. The summed E-state index contributed by atoms with van der Waals surface area (Å²) >= 11 is 0. The van der Waals surface area contributed by atoms with Crippen molar-refractivity contribution < 1.29 is 26.3 Å². The van der Waals surface area contributed by atoms with Crippen molar-refractivity contribution in [3.05, 3.63) is 23.3 Å². The maximum absolute atomic E-state index is 12.6. The molecule has 0 fully saturated rings. The predicted octanol–water partition coefficient (Wildman–Crippen LogP) is 2.51. The van der Waals surface area contributed by atoms with Crippen LogP contribution in [0.2, 0.25) is 0 Å². The minimum absolute atomic E-state index is 0.278. The number of ether oxygens (including phenoxy) is 1. The van der Waals surface area contributed by atoms with Gasteiger partial charge in [-0.15, -0.1) is 0 Å². The highest BCUT2D eigenvalue weighted by molar-refractivity contribution is 8.13. The van der Waals surface area contributed by atoms with Gasteiger partial charge in [0.05, 0.1) is 24.3 Å². The maximum atomic E-state index is 12.6. The lowest BCUT2D eigenvalue weighted by atomic mass is 10.1. The smallest absolute Gasteiger partial charge is 0.417 e. The van der Waals surface area contributed by atoms with Gasteiger partial charge in [0.1, 0.15) is 10.6 Å². The molecule has 0 N–H and O–H groups in total. The third-order valence-electron chi connectivity index (χ3n) is 1.99. The zero-order valence-corrected chi connectivity index (χ0v) is 10.3. The van der Waals surface area contributed by atoms with E-state index in [0.717, 1.165) is 7.11 Å². The first-order valence-corrected chi connectivity index (χ1v) is 6.56. The van der Waals surface area contributed by atoms with Gasteiger partial charge in [-0.05, 0) is 12.1 Å². The highest BCUT2D eigenvalue weighted by Crippen LogP contribution is 2.38. The first-order valence-electron chi connectivity index (χ1n) is 4.25. The third-order valence-corrected chi connectivity index (χ3v) is 3.34. The Hall–Kier alpha value is -1.46. The second-order valence-corrected chi connectivity index (χ2v) is 5.63. The molecule has 1 aromatic rings. The summed E-state index contributed by atoms with van der Waals surface area (Å²) in [5.41, 5.74) is -2.13. The van der Waals surface area contributed by atoms with Gasteiger partial charge in [0.25, 0.3) is 9.05 Å². The highest BCUT2D eigenvalue weighted by Gasteiger charge is 2.36. The third kappa shape index (κ3) is 2.86. The molecule has 0 spiro atoms. The van der Waals surface area contributed by atoms with E-state index in [1.807, 2.05) is 0 Å². The van der Waals surface area contributed by atoms with Crippen LogP contribution in [0.15, 0.2) is 17.0 Å². The van der Waals surface area contributed by atoms with E-state index in [0.29, 0.717) is 6.07 Å². The highest BCUT2D eigenvalue weighted by atomic mass is 35.7. The van der Waals surface area contributed by atoms with Crippen LogP contribution >= 0.6 is 10.7 Å². The monoisotopic (exact) mass is 299 g/mol. The fraction of sp³-hybridized carbons (Fsp3) is 0.222. The Kier molecular flexibility index (Phi) is 3.78. The number of methoxy groups -OCH3 is 1.